The first-order chi connectivity index (χ1) is 5.24. The molecule has 4 heteroatoms. The van der Waals surface area contributed by atoms with Crippen LogP contribution in [0.1, 0.15) is 6.92 Å². The Morgan fingerprint density at radius 2 is 2.36 bits per heavy atom. The number of hydrogen-bond donors (Lipinski definition) is 2. The van der Waals surface area contributed by atoms with Crippen LogP contribution >= 0.6 is 10.7 Å². The first-order valence-corrected chi connectivity index (χ1v) is 4.50. The second-order valence-corrected chi connectivity index (χ2v) is 3.67. The smallest absolute Gasteiger partial charge is 0.135 e. The van der Waals surface area contributed by atoms with Crippen LogP contribution in [0.4, 0.5) is 0 Å². The van der Waals surface area contributed by atoms with Gasteiger partial charge in [-0.15, -0.1) is 0 Å². The van der Waals surface area contributed by atoms with E-state index in [4.69, 9.17) is 10.2 Å². The lowest BCUT2D eigenvalue weighted by Crippen LogP contribution is -1.88. The van der Waals surface area contributed by atoms with Gasteiger partial charge in [0, 0.05) is 11.1 Å². The average molecular weight is 170 g/mol. The summed E-state index contributed by atoms with van der Waals surface area (Å²) in [6.07, 6.45) is 3.04. The predicted octanol–water partition coefficient (Wildman–Crippen LogP) is 1.11. The van der Waals surface area contributed by atoms with Crippen LogP contribution in [0, 0.1) is 0 Å². The zero-order valence-corrected chi connectivity index (χ0v) is 7.01. The quantitative estimate of drug-likeness (QED) is 0.621. The van der Waals surface area contributed by atoms with E-state index in [0.29, 0.717) is 0 Å². The normalized spacial score (nSPS) is 13.3. The summed E-state index contributed by atoms with van der Waals surface area (Å²) in [4.78, 5) is 4.66. The predicted molar refractivity (Wildman–Crippen MR) is 47.7 cm³/mol. The third-order valence-corrected chi connectivity index (χ3v) is 2.50. The third-order valence-electron chi connectivity index (χ3n) is 1.22. The van der Waals surface area contributed by atoms with Crippen molar-refractivity contribution in [2.75, 3.05) is 0 Å². The summed E-state index contributed by atoms with van der Waals surface area (Å²) in [7, 11) is -0.398. The molecule has 1 unspecified atom stereocenters. The number of rotatable bonds is 1. The maximum absolute atomic E-state index is 9.03. The van der Waals surface area contributed by atoms with E-state index in [1.54, 1.807) is 12.3 Å². The molecule has 60 valence electrons. The van der Waals surface area contributed by atoms with Gasteiger partial charge in [-0.2, -0.15) is 0 Å². The number of nitrogens with zero attached hydrogens (tertiary/aromatic N) is 1. The Morgan fingerprint density at radius 3 is 2.91 bits per heavy atom. The highest BCUT2D eigenvalue weighted by molar-refractivity contribution is 8.13. The zero-order valence-electron chi connectivity index (χ0n) is 6.19. The van der Waals surface area contributed by atoms with Gasteiger partial charge in [0.25, 0.3) is 0 Å². The van der Waals surface area contributed by atoms with Gasteiger partial charge in [-0.05, 0) is 18.4 Å². The Balaban J connectivity index is 3.06. The molecule has 0 saturated heterocycles. The van der Waals surface area contributed by atoms with Gasteiger partial charge in [-0.25, -0.2) is 0 Å². The second-order valence-electron chi connectivity index (χ2n) is 1.99. The monoisotopic (exact) mass is 170 g/mol. The summed E-state index contributed by atoms with van der Waals surface area (Å²) < 4.78 is 0. The highest BCUT2D eigenvalue weighted by Crippen LogP contribution is 2.20. The van der Waals surface area contributed by atoms with E-state index in [9.17, 15) is 0 Å². The minimum absolute atomic E-state index is 0.160. The van der Waals surface area contributed by atoms with E-state index < -0.39 is 10.7 Å². The van der Waals surface area contributed by atoms with Crippen LogP contribution < -0.4 is 5.14 Å². The Bertz CT molecular complexity index is 286. The van der Waals surface area contributed by atoms with Crippen LogP contribution in [0.2, 0.25) is 0 Å². The number of aromatic nitrogens is 1. The van der Waals surface area contributed by atoms with Crippen molar-refractivity contribution in [1.82, 2.24) is 4.98 Å². The number of aromatic hydroxyl groups is 1. The van der Waals surface area contributed by atoms with E-state index >= 15 is 0 Å². The zero-order chi connectivity index (χ0) is 8.27. The van der Waals surface area contributed by atoms with Crippen molar-refractivity contribution in [3.05, 3.63) is 18.5 Å². The van der Waals surface area contributed by atoms with E-state index in [1.807, 2.05) is 12.3 Å². The molecule has 0 aliphatic heterocycles. The van der Waals surface area contributed by atoms with Gasteiger partial charge in [0.05, 0.1) is 6.20 Å². The van der Waals surface area contributed by atoms with Crippen molar-refractivity contribution in [2.24, 2.45) is 5.14 Å². The van der Waals surface area contributed by atoms with E-state index in [1.165, 1.54) is 6.20 Å². The third kappa shape index (κ3) is 2.03. The molecule has 11 heavy (non-hydrogen) atoms. The van der Waals surface area contributed by atoms with E-state index in [-0.39, 0.29) is 5.75 Å². The van der Waals surface area contributed by atoms with Crippen molar-refractivity contribution < 1.29 is 5.11 Å². The molecule has 1 aromatic rings. The standard InChI is InChI=1S/C7H10N2OS/c1-2-11(8)7-3-6(10)4-9-5-7/h2-5,10H,8H2,1H3. The van der Waals surface area contributed by atoms with Gasteiger partial charge in [0.15, 0.2) is 0 Å². The lowest BCUT2D eigenvalue weighted by atomic mass is 10.5. The van der Waals surface area contributed by atoms with Gasteiger partial charge in [-0.3, -0.25) is 10.1 Å². The fourth-order valence-corrected chi connectivity index (χ4v) is 1.38. The first kappa shape index (κ1) is 8.23. The molecule has 0 fully saturated rings. The maximum Gasteiger partial charge on any atom is 0.135 e. The number of pyridine rings is 1. The SMILES string of the molecule is C/C=S(\N)c1cncc(O)c1. The van der Waals surface area contributed by atoms with Crippen LogP contribution in [-0.4, -0.2) is 15.5 Å². The molecule has 3 nitrogen and oxygen atoms in total. The Kier molecular flexibility index (Phi) is 2.62. The molecular formula is C7H10N2OS. The van der Waals surface area contributed by atoms with Crippen LogP contribution in [-0.2, 0) is 0 Å². The van der Waals surface area contributed by atoms with Crippen molar-refractivity contribution in [3.8, 4) is 5.75 Å². The average Bonchev–Trinajstić information content (AvgIpc) is 2.03. The summed E-state index contributed by atoms with van der Waals surface area (Å²) in [5, 5.41) is 16.6. The molecule has 1 rings (SSSR count). The van der Waals surface area contributed by atoms with Crippen LogP contribution in [0.5, 0.6) is 5.75 Å². The van der Waals surface area contributed by atoms with E-state index in [2.05, 4.69) is 4.98 Å². The lowest BCUT2D eigenvalue weighted by Gasteiger charge is -2.00. The van der Waals surface area contributed by atoms with Crippen molar-refractivity contribution in [1.29, 1.82) is 0 Å². The molecule has 1 heterocycles. The van der Waals surface area contributed by atoms with Gasteiger partial charge in [-0.1, -0.05) is 10.7 Å². The topological polar surface area (TPSA) is 59.1 Å². The summed E-state index contributed by atoms with van der Waals surface area (Å²) in [6, 6.07) is 1.62. The fourth-order valence-electron chi connectivity index (χ4n) is 0.672. The van der Waals surface area contributed by atoms with Gasteiger partial charge in [0.1, 0.15) is 5.75 Å². The van der Waals surface area contributed by atoms with Crippen molar-refractivity contribution in [2.45, 2.75) is 11.8 Å². The summed E-state index contributed by atoms with van der Waals surface area (Å²) >= 11 is 0. The molecule has 0 bridgehead atoms. The van der Waals surface area contributed by atoms with E-state index in [0.717, 1.165) is 4.90 Å². The lowest BCUT2D eigenvalue weighted by molar-refractivity contribution is 0.471. The minimum atomic E-state index is -0.398. The molecule has 0 spiro atoms. The summed E-state index contributed by atoms with van der Waals surface area (Å²) in [6.45, 7) is 1.88. The molecular weight excluding hydrogens is 160 g/mol. The first-order valence-electron chi connectivity index (χ1n) is 3.15. The van der Waals surface area contributed by atoms with Crippen LogP contribution in [0.25, 0.3) is 0 Å². The molecule has 1 atom stereocenters. The number of nitrogens with two attached hydrogens (primary N) is 1. The molecule has 0 radical (unpaired) electrons. The van der Waals surface area contributed by atoms with Crippen LogP contribution in [0.15, 0.2) is 23.4 Å². The van der Waals surface area contributed by atoms with Crippen molar-refractivity contribution >= 4 is 16.0 Å². The highest BCUT2D eigenvalue weighted by atomic mass is 32.2. The van der Waals surface area contributed by atoms with Crippen molar-refractivity contribution in [3.63, 3.8) is 0 Å². The molecule has 0 saturated carbocycles. The molecule has 1 aromatic heterocycles. The van der Waals surface area contributed by atoms with Gasteiger partial charge in [0.2, 0.25) is 0 Å². The summed E-state index contributed by atoms with van der Waals surface area (Å²) in [5.41, 5.74) is 0. The maximum atomic E-state index is 9.03. The molecule has 0 aliphatic rings. The molecule has 0 aromatic carbocycles. The molecule has 0 amide bonds. The number of hydrogen-bond acceptors (Lipinski definition) is 3. The second kappa shape index (κ2) is 3.50. The fraction of sp³-hybridized carbons (Fsp3) is 0.143. The minimum Gasteiger partial charge on any atom is -0.506 e. The Hall–Kier alpha value is -0.870. The van der Waals surface area contributed by atoms with Gasteiger partial charge < -0.3 is 5.11 Å². The Labute approximate surface area is 67.9 Å². The highest BCUT2D eigenvalue weighted by Gasteiger charge is 1.94. The largest absolute Gasteiger partial charge is 0.506 e. The molecule has 3 N–H and O–H groups in total. The molecule has 0 aliphatic carbocycles. The Morgan fingerprint density at radius 1 is 1.64 bits per heavy atom. The van der Waals surface area contributed by atoms with Gasteiger partial charge >= 0.3 is 0 Å². The summed E-state index contributed by atoms with van der Waals surface area (Å²) in [5.74, 6) is 0.160. The van der Waals surface area contributed by atoms with Crippen LogP contribution in [0.3, 0.4) is 0 Å².